The topological polar surface area (TPSA) is 62.8 Å². The van der Waals surface area contributed by atoms with Crippen LogP contribution in [-0.4, -0.2) is 34.6 Å². The molecule has 2 aromatic heterocycles. The molecular weight excluding hydrogens is 380 g/mol. The van der Waals surface area contributed by atoms with E-state index in [-0.39, 0.29) is 0 Å². The SMILES string of the molecule is Brc1cnc2[nH]c(-c3ccc(OCCCC4CCNC4)cc3)nc2c1. The Labute approximate surface area is 155 Å². The summed E-state index contributed by atoms with van der Waals surface area (Å²) in [6, 6.07) is 10.0. The monoisotopic (exact) mass is 400 g/mol. The van der Waals surface area contributed by atoms with Crippen LogP contribution >= 0.6 is 15.9 Å². The van der Waals surface area contributed by atoms with Crippen molar-refractivity contribution in [3.63, 3.8) is 0 Å². The number of imidazole rings is 1. The van der Waals surface area contributed by atoms with Gasteiger partial charge in [-0.2, -0.15) is 0 Å². The molecule has 2 N–H and O–H groups in total. The fourth-order valence-corrected chi connectivity index (χ4v) is 3.56. The van der Waals surface area contributed by atoms with Crippen molar-refractivity contribution in [3.8, 4) is 17.1 Å². The Kier molecular flexibility index (Phi) is 4.99. The van der Waals surface area contributed by atoms with E-state index in [1.807, 2.05) is 30.3 Å². The lowest BCUT2D eigenvalue weighted by atomic mass is 10.0. The minimum Gasteiger partial charge on any atom is -0.494 e. The molecule has 1 aliphatic rings. The van der Waals surface area contributed by atoms with Crippen molar-refractivity contribution in [2.45, 2.75) is 19.3 Å². The number of rotatable bonds is 6. The molecule has 3 aromatic rings. The third-order valence-corrected chi connectivity index (χ3v) is 5.05. The van der Waals surface area contributed by atoms with Crippen molar-refractivity contribution < 1.29 is 4.74 Å². The van der Waals surface area contributed by atoms with Crippen LogP contribution in [0.2, 0.25) is 0 Å². The third kappa shape index (κ3) is 4.02. The number of ether oxygens (including phenoxy) is 1. The molecule has 1 aliphatic heterocycles. The van der Waals surface area contributed by atoms with Gasteiger partial charge in [-0.1, -0.05) is 0 Å². The number of pyridine rings is 1. The quantitative estimate of drug-likeness (QED) is 0.609. The van der Waals surface area contributed by atoms with Crippen LogP contribution in [0.1, 0.15) is 19.3 Å². The first-order chi connectivity index (χ1) is 12.3. The van der Waals surface area contributed by atoms with Gasteiger partial charge in [-0.3, -0.25) is 0 Å². The summed E-state index contributed by atoms with van der Waals surface area (Å²) < 4.78 is 6.79. The van der Waals surface area contributed by atoms with Crippen molar-refractivity contribution in [3.05, 3.63) is 41.0 Å². The molecule has 1 aromatic carbocycles. The number of nitrogens with one attached hydrogen (secondary N) is 2. The highest BCUT2D eigenvalue weighted by Crippen LogP contribution is 2.24. The third-order valence-electron chi connectivity index (χ3n) is 4.62. The van der Waals surface area contributed by atoms with Crippen LogP contribution in [0.15, 0.2) is 41.0 Å². The molecule has 0 saturated carbocycles. The minimum absolute atomic E-state index is 0.776. The lowest BCUT2D eigenvalue weighted by molar-refractivity contribution is 0.295. The standard InChI is InChI=1S/C19H21BrN4O/c20-15-10-17-19(22-12-15)24-18(23-17)14-3-5-16(6-4-14)25-9-1-2-13-7-8-21-11-13/h3-6,10,12-13,21H,1-2,7-9,11H2,(H,22,23,24). The van der Waals surface area contributed by atoms with Crippen LogP contribution in [0.4, 0.5) is 0 Å². The highest BCUT2D eigenvalue weighted by Gasteiger charge is 2.13. The van der Waals surface area contributed by atoms with Gasteiger partial charge in [0.25, 0.3) is 0 Å². The van der Waals surface area contributed by atoms with E-state index >= 15 is 0 Å². The van der Waals surface area contributed by atoms with E-state index in [1.165, 1.54) is 19.4 Å². The molecule has 6 heteroatoms. The summed E-state index contributed by atoms with van der Waals surface area (Å²) in [5.74, 6) is 2.55. The number of hydrogen-bond acceptors (Lipinski definition) is 4. The van der Waals surface area contributed by atoms with E-state index in [9.17, 15) is 0 Å². The summed E-state index contributed by atoms with van der Waals surface area (Å²) in [6.45, 7) is 3.11. The van der Waals surface area contributed by atoms with E-state index in [4.69, 9.17) is 4.74 Å². The maximum Gasteiger partial charge on any atom is 0.157 e. The Balaban J connectivity index is 1.35. The molecular formula is C19H21BrN4O. The predicted octanol–water partition coefficient (Wildman–Crippen LogP) is 4.16. The first-order valence-corrected chi connectivity index (χ1v) is 9.52. The van der Waals surface area contributed by atoms with Crippen LogP contribution in [0.25, 0.3) is 22.6 Å². The van der Waals surface area contributed by atoms with E-state index in [0.717, 1.165) is 58.3 Å². The summed E-state index contributed by atoms with van der Waals surface area (Å²) in [5, 5.41) is 3.41. The van der Waals surface area contributed by atoms with Crippen molar-refractivity contribution in [1.29, 1.82) is 0 Å². The molecule has 1 fully saturated rings. The van der Waals surface area contributed by atoms with Crippen LogP contribution in [0, 0.1) is 5.92 Å². The number of fused-ring (bicyclic) bond motifs is 1. The molecule has 1 unspecified atom stereocenters. The van der Waals surface area contributed by atoms with Gasteiger partial charge in [-0.05, 0) is 84.5 Å². The molecule has 0 bridgehead atoms. The van der Waals surface area contributed by atoms with Crippen LogP contribution in [-0.2, 0) is 0 Å². The lowest BCUT2D eigenvalue weighted by Gasteiger charge is -2.09. The zero-order chi connectivity index (χ0) is 17.1. The Morgan fingerprint density at radius 1 is 1.24 bits per heavy atom. The maximum absolute atomic E-state index is 5.86. The van der Waals surface area contributed by atoms with E-state index < -0.39 is 0 Å². The molecule has 5 nitrogen and oxygen atoms in total. The van der Waals surface area contributed by atoms with Crippen molar-refractivity contribution >= 4 is 27.1 Å². The second-order valence-corrected chi connectivity index (χ2v) is 7.40. The predicted molar refractivity (Wildman–Crippen MR) is 103 cm³/mol. The van der Waals surface area contributed by atoms with Gasteiger partial charge in [0.2, 0.25) is 0 Å². The molecule has 3 heterocycles. The van der Waals surface area contributed by atoms with Crippen LogP contribution < -0.4 is 10.1 Å². The highest BCUT2D eigenvalue weighted by atomic mass is 79.9. The van der Waals surface area contributed by atoms with Gasteiger partial charge in [-0.25, -0.2) is 9.97 Å². The number of hydrogen-bond donors (Lipinski definition) is 2. The maximum atomic E-state index is 5.86. The Bertz CT molecular complexity index is 840. The smallest absolute Gasteiger partial charge is 0.157 e. The number of H-pyrrole nitrogens is 1. The summed E-state index contributed by atoms with van der Waals surface area (Å²) in [7, 11) is 0. The molecule has 130 valence electrons. The van der Waals surface area contributed by atoms with Crippen molar-refractivity contribution in [1.82, 2.24) is 20.3 Å². The van der Waals surface area contributed by atoms with Gasteiger partial charge in [0, 0.05) is 16.2 Å². The molecule has 0 amide bonds. The second kappa shape index (κ2) is 7.54. The fourth-order valence-electron chi connectivity index (χ4n) is 3.24. The van der Waals surface area contributed by atoms with Crippen LogP contribution in [0.5, 0.6) is 5.75 Å². The van der Waals surface area contributed by atoms with E-state index in [2.05, 4.69) is 36.2 Å². The van der Waals surface area contributed by atoms with Crippen molar-refractivity contribution in [2.75, 3.05) is 19.7 Å². The molecule has 0 aliphatic carbocycles. The zero-order valence-corrected chi connectivity index (χ0v) is 15.6. The Hall–Kier alpha value is -1.92. The molecule has 25 heavy (non-hydrogen) atoms. The molecule has 1 saturated heterocycles. The van der Waals surface area contributed by atoms with Gasteiger partial charge in [0.1, 0.15) is 17.1 Å². The first kappa shape index (κ1) is 16.5. The summed E-state index contributed by atoms with van der Waals surface area (Å²) in [6.07, 6.45) is 5.42. The number of benzene rings is 1. The van der Waals surface area contributed by atoms with Crippen molar-refractivity contribution in [2.24, 2.45) is 5.92 Å². The van der Waals surface area contributed by atoms with Gasteiger partial charge >= 0.3 is 0 Å². The summed E-state index contributed by atoms with van der Waals surface area (Å²) in [4.78, 5) is 12.2. The number of aromatic nitrogens is 3. The number of halogens is 1. The number of aromatic amines is 1. The average Bonchev–Trinajstić information content (AvgIpc) is 3.28. The molecule has 0 radical (unpaired) electrons. The van der Waals surface area contributed by atoms with E-state index in [0.29, 0.717) is 0 Å². The largest absolute Gasteiger partial charge is 0.494 e. The summed E-state index contributed by atoms with van der Waals surface area (Å²) >= 11 is 3.42. The van der Waals surface area contributed by atoms with Gasteiger partial charge < -0.3 is 15.0 Å². The minimum atomic E-state index is 0.776. The van der Waals surface area contributed by atoms with E-state index in [1.54, 1.807) is 6.20 Å². The summed E-state index contributed by atoms with van der Waals surface area (Å²) in [5.41, 5.74) is 2.67. The van der Waals surface area contributed by atoms with Gasteiger partial charge in [-0.15, -0.1) is 0 Å². The average molecular weight is 401 g/mol. The van der Waals surface area contributed by atoms with Gasteiger partial charge in [0.05, 0.1) is 6.61 Å². The molecule has 4 rings (SSSR count). The van der Waals surface area contributed by atoms with Crippen LogP contribution in [0.3, 0.4) is 0 Å². The highest BCUT2D eigenvalue weighted by molar-refractivity contribution is 9.10. The normalized spacial score (nSPS) is 17.2. The lowest BCUT2D eigenvalue weighted by Crippen LogP contribution is -2.09. The molecule has 0 spiro atoms. The van der Waals surface area contributed by atoms with Gasteiger partial charge in [0.15, 0.2) is 5.65 Å². The fraction of sp³-hybridized carbons (Fsp3) is 0.368. The molecule has 1 atom stereocenters. The Morgan fingerprint density at radius 2 is 2.12 bits per heavy atom. The second-order valence-electron chi connectivity index (χ2n) is 6.48. The Morgan fingerprint density at radius 3 is 2.92 bits per heavy atom. The number of nitrogens with zero attached hydrogens (tertiary/aromatic N) is 2. The first-order valence-electron chi connectivity index (χ1n) is 8.73. The zero-order valence-electron chi connectivity index (χ0n) is 14.0.